The molecular formula is C20H23ClN4O2. The second kappa shape index (κ2) is 8.86. The standard InChI is InChI=1S/C20H23ClN4O2/c1-15(26)24-9-11-25(12-10-24)20(27)17-6-8-23-19(14-17)22-7-5-16-3-2-4-18(21)13-16/h2-4,6,8,13-14H,5,7,9-12H2,1H3,(H,22,23). The summed E-state index contributed by atoms with van der Waals surface area (Å²) in [6.07, 6.45) is 2.45. The third kappa shape index (κ3) is 5.20. The highest BCUT2D eigenvalue weighted by atomic mass is 35.5. The van der Waals surface area contributed by atoms with Crippen LogP contribution in [0.4, 0.5) is 5.82 Å². The van der Waals surface area contributed by atoms with Crippen LogP contribution in [0.15, 0.2) is 42.6 Å². The molecule has 1 aromatic heterocycles. The Labute approximate surface area is 164 Å². The van der Waals surface area contributed by atoms with Crippen LogP contribution in [0.2, 0.25) is 5.02 Å². The zero-order valence-electron chi connectivity index (χ0n) is 15.3. The minimum absolute atomic E-state index is 0.0292. The number of hydrogen-bond acceptors (Lipinski definition) is 4. The third-order valence-electron chi connectivity index (χ3n) is 4.63. The van der Waals surface area contributed by atoms with Crippen molar-refractivity contribution in [1.29, 1.82) is 0 Å². The number of piperazine rings is 1. The van der Waals surface area contributed by atoms with E-state index >= 15 is 0 Å². The van der Waals surface area contributed by atoms with Gasteiger partial charge in [0.1, 0.15) is 5.82 Å². The monoisotopic (exact) mass is 386 g/mol. The number of benzene rings is 1. The Kier molecular flexibility index (Phi) is 6.29. The van der Waals surface area contributed by atoms with Crippen LogP contribution >= 0.6 is 11.6 Å². The Morgan fingerprint density at radius 3 is 2.56 bits per heavy atom. The molecule has 0 bridgehead atoms. The molecule has 0 radical (unpaired) electrons. The highest BCUT2D eigenvalue weighted by molar-refractivity contribution is 6.30. The first kappa shape index (κ1) is 19.2. The predicted molar refractivity (Wildman–Crippen MR) is 106 cm³/mol. The number of hydrogen-bond donors (Lipinski definition) is 1. The summed E-state index contributed by atoms with van der Waals surface area (Å²) in [4.78, 5) is 32.0. The van der Waals surface area contributed by atoms with Crippen molar-refractivity contribution in [3.05, 3.63) is 58.7 Å². The highest BCUT2D eigenvalue weighted by Crippen LogP contribution is 2.14. The Balaban J connectivity index is 1.55. The van der Waals surface area contributed by atoms with E-state index in [0.29, 0.717) is 44.1 Å². The Morgan fingerprint density at radius 1 is 1.11 bits per heavy atom. The number of halogens is 1. The van der Waals surface area contributed by atoms with Gasteiger partial charge in [-0.15, -0.1) is 0 Å². The molecule has 1 aliphatic heterocycles. The van der Waals surface area contributed by atoms with Crippen molar-refractivity contribution < 1.29 is 9.59 Å². The molecule has 1 aromatic carbocycles. The number of nitrogens with one attached hydrogen (secondary N) is 1. The zero-order chi connectivity index (χ0) is 19.2. The number of amides is 2. The van der Waals surface area contributed by atoms with Gasteiger partial charge in [-0.2, -0.15) is 0 Å². The van der Waals surface area contributed by atoms with Gasteiger partial charge < -0.3 is 15.1 Å². The van der Waals surface area contributed by atoms with Crippen LogP contribution in [0.1, 0.15) is 22.8 Å². The maximum Gasteiger partial charge on any atom is 0.254 e. The number of aromatic nitrogens is 1. The summed E-state index contributed by atoms with van der Waals surface area (Å²) in [6.45, 7) is 4.52. The number of nitrogens with zero attached hydrogens (tertiary/aromatic N) is 3. The molecular weight excluding hydrogens is 364 g/mol. The van der Waals surface area contributed by atoms with Crippen molar-refractivity contribution in [3.8, 4) is 0 Å². The third-order valence-corrected chi connectivity index (χ3v) is 4.86. The van der Waals surface area contributed by atoms with E-state index in [1.807, 2.05) is 24.3 Å². The van der Waals surface area contributed by atoms with Crippen LogP contribution in [-0.2, 0) is 11.2 Å². The fourth-order valence-corrected chi connectivity index (χ4v) is 3.31. The van der Waals surface area contributed by atoms with E-state index in [0.717, 1.165) is 17.0 Å². The van der Waals surface area contributed by atoms with E-state index in [9.17, 15) is 9.59 Å². The molecule has 1 saturated heterocycles. The Bertz CT molecular complexity index is 819. The van der Waals surface area contributed by atoms with E-state index in [1.54, 1.807) is 35.1 Å². The largest absolute Gasteiger partial charge is 0.370 e. The summed E-state index contributed by atoms with van der Waals surface area (Å²) in [5.74, 6) is 0.695. The van der Waals surface area contributed by atoms with Gasteiger partial charge in [0.05, 0.1) is 0 Å². The fourth-order valence-electron chi connectivity index (χ4n) is 3.09. The molecule has 2 amide bonds. The van der Waals surface area contributed by atoms with Gasteiger partial charge in [0.15, 0.2) is 0 Å². The van der Waals surface area contributed by atoms with Gasteiger partial charge in [0, 0.05) is 56.4 Å². The van der Waals surface area contributed by atoms with Gasteiger partial charge in [-0.1, -0.05) is 23.7 Å². The normalized spacial score (nSPS) is 14.1. The lowest BCUT2D eigenvalue weighted by molar-refractivity contribution is -0.130. The summed E-state index contributed by atoms with van der Waals surface area (Å²) in [7, 11) is 0. The molecule has 7 heteroatoms. The van der Waals surface area contributed by atoms with Crippen molar-refractivity contribution in [3.63, 3.8) is 0 Å². The van der Waals surface area contributed by atoms with Crippen molar-refractivity contribution in [2.75, 3.05) is 38.0 Å². The van der Waals surface area contributed by atoms with E-state index in [4.69, 9.17) is 11.6 Å². The van der Waals surface area contributed by atoms with Gasteiger partial charge in [-0.25, -0.2) is 4.98 Å². The smallest absolute Gasteiger partial charge is 0.254 e. The summed E-state index contributed by atoms with van der Waals surface area (Å²) >= 11 is 6.00. The first-order valence-corrected chi connectivity index (χ1v) is 9.40. The summed E-state index contributed by atoms with van der Waals surface area (Å²) in [5, 5.41) is 3.98. The average molecular weight is 387 g/mol. The SMILES string of the molecule is CC(=O)N1CCN(C(=O)c2ccnc(NCCc3cccc(Cl)c3)c2)CC1. The summed E-state index contributed by atoms with van der Waals surface area (Å²) < 4.78 is 0. The van der Waals surface area contributed by atoms with Crippen LogP contribution in [-0.4, -0.2) is 59.3 Å². The lowest BCUT2D eigenvalue weighted by Crippen LogP contribution is -2.50. The molecule has 3 rings (SSSR count). The quantitative estimate of drug-likeness (QED) is 0.858. The first-order valence-electron chi connectivity index (χ1n) is 9.02. The number of rotatable bonds is 5. The van der Waals surface area contributed by atoms with Gasteiger partial charge >= 0.3 is 0 Å². The minimum atomic E-state index is -0.0292. The van der Waals surface area contributed by atoms with Crippen LogP contribution < -0.4 is 5.32 Å². The van der Waals surface area contributed by atoms with E-state index in [2.05, 4.69) is 10.3 Å². The molecule has 0 saturated carbocycles. The van der Waals surface area contributed by atoms with Gasteiger partial charge in [0.2, 0.25) is 5.91 Å². The number of carbonyl (C=O) groups is 2. The van der Waals surface area contributed by atoms with Gasteiger partial charge in [0.25, 0.3) is 5.91 Å². The average Bonchev–Trinajstić information content (AvgIpc) is 2.68. The maximum atomic E-state index is 12.7. The summed E-state index contributed by atoms with van der Waals surface area (Å²) in [6, 6.07) is 11.3. The van der Waals surface area contributed by atoms with E-state index in [-0.39, 0.29) is 11.8 Å². The van der Waals surface area contributed by atoms with Crippen LogP contribution in [0.25, 0.3) is 0 Å². The molecule has 1 N–H and O–H groups in total. The first-order chi connectivity index (χ1) is 13.0. The zero-order valence-corrected chi connectivity index (χ0v) is 16.1. The van der Waals surface area contributed by atoms with E-state index in [1.165, 1.54) is 0 Å². The van der Waals surface area contributed by atoms with Crippen LogP contribution in [0.3, 0.4) is 0 Å². The van der Waals surface area contributed by atoms with Crippen molar-refractivity contribution in [1.82, 2.24) is 14.8 Å². The second-order valence-electron chi connectivity index (χ2n) is 6.53. The fraction of sp³-hybridized carbons (Fsp3) is 0.350. The van der Waals surface area contributed by atoms with Gasteiger partial charge in [-0.3, -0.25) is 9.59 Å². The number of pyridine rings is 1. The molecule has 0 atom stereocenters. The number of carbonyl (C=O) groups excluding carboxylic acids is 2. The minimum Gasteiger partial charge on any atom is -0.370 e. The lowest BCUT2D eigenvalue weighted by atomic mass is 10.1. The molecule has 1 fully saturated rings. The molecule has 27 heavy (non-hydrogen) atoms. The molecule has 6 nitrogen and oxygen atoms in total. The maximum absolute atomic E-state index is 12.7. The molecule has 0 unspecified atom stereocenters. The molecule has 0 aliphatic carbocycles. The van der Waals surface area contributed by atoms with Crippen molar-refractivity contribution >= 4 is 29.2 Å². The van der Waals surface area contributed by atoms with Crippen molar-refractivity contribution in [2.24, 2.45) is 0 Å². The predicted octanol–water partition coefficient (Wildman–Crippen LogP) is 2.69. The second-order valence-corrected chi connectivity index (χ2v) is 6.97. The molecule has 2 heterocycles. The molecule has 142 valence electrons. The van der Waals surface area contributed by atoms with Crippen molar-refractivity contribution in [2.45, 2.75) is 13.3 Å². The molecule has 1 aliphatic rings. The summed E-state index contributed by atoms with van der Waals surface area (Å²) in [5.41, 5.74) is 1.75. The Hall–Kier alpha value is -2.60. The highest BCUT2D eigenvalue weighted by Gasteiger charge is 2.23. The lowest BCUT2D eigenvalue weighted by Gasteiger charge is -2.34. The van der Waals surface area contributed by atoms with E-state index < -0.39 is 0 Å². The molecule has 2 aromatic rings. The Morgan fingerprint density at radius 2 is 1.85 bits per heavy atom. The number of anilines is 1. The molecule has 0 spiro atoms. The van der Waals surface area contributed by atoms with Crippen LogP contribution in [0.5, 0.6) is 0 Å². The topological polar surface area (TPSA) is 65.5 Å². The van der Waals surface area contributed by atoms with Gasteiger partial charge in [-0.05, 0) is 36.2 Å². The van der Waals surface area contributed by atoms with Crippen LogP contribution in [0, 0.1) is 0 Å².